The van der Waals surface area contributed by atoms with Crippen molar-refractivity contribution in [2.45, 2.75) is 38.1 Å². The molecule has 0 bridgehead atoms. The average molecular weight is 513 g/mol. The first-order chi connectivity index (χ1) is 18.7. The number of tetrazole rings is 1. The molecule has 1 saturated heterocycles. The van der Waals surface area contributed by atoms with E-state index in [4.69, 9.17) is 9.47 Å². The van der Waals surface area contributed by atoms with Crippen molar-refractivity contribution in [3.8, 4) is 11.5 Å². The van der Waals surface area contributed by atoms with Gasteiger partial charge >= 0.3 is 0 Å². The number of hydrogen-bond donors (Lipinski definition) is 1. The van der Waals surface area contributed by atoms with Gasteiger partial charge in [0.1, 0.15) is 24.4 Å². The molecular formula is C29H32N6O3. The summed E-state index contributed by atoms with van der Waals surface area (Å²) in [5, 5.41) is 14.8. The number of nitrogens with zero attached hydrogens (tertiary/aromatic N) is 5. The summed E-state index contributed by atoms with van der Waals surface area (Å²) in [5.41, 5.74) is 3.31. The molecule has 2 heterocycles. The second-order valence-electron chi connectivity index (χ2n) is 9.40. The first kappa shape index (κ1) is 25.4. The Morgan fingerprint density at radius 1 is 1.00 bits per heavy atom. The third kappa shape index (κ3) is 6.36. The van der Waals surface area contributed by atoms with Crippen LogP contribution < -0.4 is 14.8 Å². The van der Waals surface area contributed by atoms with Crippen molar-refractivity contribution in [2.24, 2.45) is 0 Å². The fraction of sp³-hybridized carbons (Fsp3) is 0.310. The summed E-state index contributed by atoms with van der Waals surface area (Å²) >= 11 is 0. The van der Waals surface area contributed by atoms with Crippen molar-refractivity contribution >= 4 is 5.91 Å². The average Bonchev–Trinajstić information content (AvgIpc) is 3.64. The zero-order valence-corrected chi connectivity index (χ0v) is 21.4. The summed E-state index contributed by atoms with van der Waals surface area (Å²) in [6.45, 7) is 2.38. The topological polar surface area (TPSA) is 94.4 Å². The molecule has 3 aromatic carbocycles. The predicted molar refractivity (Wildman–Crippen MR) is 143 cm³/mol. The van der Waals surface area contributed by atoms with Crippen molar-refractivity contribution in [3.63, 3.8) is 0 Å². The number of likely N-dealkylation sites (tertiary alicyclic amines) is 1. The summed E-state index contributed by atoms with van der Waals surface area (Å²) in [6.07, 6.45) is 2.96. The Hall–Kier alpha value is -4.24. The quantitative estimate of drug-likeness (QED) is 0.329. The standard InChI is InChI=1S/C29H32N6O3/c1-37-28-10-6-5-9-24(28)15-16-30-29(36)27-17-25(35-21-31-32-33-35)19-34(27)18-22-11-13-26(14-12-22)38-20-23-7-3-2-4-8-23/h2-14,21,25,27H,15-20H2,1H3,(H,30,36)/t25-,27+/m1/s1. The number of rotatable bonds is 11. The molecule has 1 aliphatic rings. The number of ether oxygens (including phenoxy) is 2. The molecule has 1 fully saturated rings. The van der Waals surface area contributed by atoms with Gasteiger partial charge < -0.3 is 14.8 Å². The molecule has 1 amide bonds. The van der Waals surface area contributed by atoms with Gasteiger partial charge in [0.05, 0.1) is 19.2 Å². The van der Waals surface area contributed by atoms with E-state index in [1.165, 1.54) is 0 Å². The van der Waals surface area contributed by atoms with Crippen LogP contribution in [0.25, 0.3) is 0 Å². The third-order valence-corrected chi connectivity index (χ3v) is 6.87. The Morgan fingerprint density at radius 2 is 1.79 bits per heavy atom. The van der Waals surface area contributed by atoms with Crippen LogP contribution in [0.15, 0.2) is 85.2 Å². The summed E-state index contributed by atoms with van der Waals surface area (Å²) < 4.78 is 13.1. The maximum absolute atomic E-state index is 13.3. The number of para-hydroxylation sites is 1. The Bertz CT molecular complexity index is 1300. The number of carbonyl (C=O) groups excluding carboxylic acids is 1. The van der Waals surface area contributed by atoms with Gasteiger partial charge in [-0.15, -0.1) is 5.10 Å². The van der Waals surface area contributed by atoms with Crippen LogP contribution in [0.2, 0.25) is 0 Å². The second-order valence-corrected chi connectivity index (χ2v) is 9.40. The van der Waals surface area contributed by atoms with Crippen LogP contribution in [0.3, 0.4) is 0 Å². The van der Waals surface area contributed by atoms with Crippen LogP contribution in [0.1, 0.15) is 29.2 Å². The minimum Gasteiger partial charge on any atom is -0.496 e. The lowest BCUT2D eigenvalue weighted by Crippen LogP contribution is -2.43. The van der Waals surface area contributed by atoms with Crippen LogP contribution in [0, 0.1) is 0 Å². The first-order valence-electron chi connectivity index (χ1n) is 12.8. The fourth-order valence-electron chi connectivity index (χ4n) is 4.87. The number of nitrogens with one attached hydrogen (secondary N) is 1. The Labute approximate surface area is 222 Å². The largest absolute Gasteiger partial charge is 0.496 e. The number of benzene rings is 3. The Balaban J connectivity index is 1.21. The lowest BCUT2D eigenvalue weighted by molar-refractivity contribution is -0.125. The highest BCUT2D eigenvalue weighted by Crippen LogP contribution is 2.29. The molecule has 1 N–H and O–H groups in total. The summed E-state index contributed by atoms with van der Waals surface area (Å²) in [6, 6.07) is 25.8. The molecule has 2 atom stereocenters. The summed E-state index contributed by atoms with van der Waals surface area (Å²) in [7, 11) is 1.66. The van der Waals surface area contributed by atoms with Crippen molar-refractivity contribution in [2.75, 3.05) is 20.2 Å². The Morgan fingerprint density at radius 3 is 2.55 bits per heavy atom. The normalized spacial score (nSPS) is 17.3. The first-order valence-corrected chi connectivity index (χ1v) is 12.8. The van der Waals surface area contributed by atoms with Gasteiger partial charge in [-0.05, 0) is 58.2 Å². The molecule has 196 valence electrons. The molecule has 0 unspecified atom stereocenters. The molecule has 5 rings (SSSR count). The molecule has 9 nitrogen and oxygen atoms in total. The van der Waals surface area contributed by atoms with E-state index in [-0.39, 0.29) is 18.0 Å². The fourth-order valence-corrected chi connectivity index (χ4v) is 4.87. The van der Waals surface area contributed by atoms with Gasteiger partial charge in [0, 0.05) is 19.6 Å². The smallest absolute Gasteiger partial charge is 0.237 e. The zero-order chi connectivity index (χ0) is 26.2. The minimum absolute atomic E-state index is 0.0123. The highest BCUT2D eigenvalue weighted by molar-refractivity contribution is 5.82. The lowest BCUT2D eigenvalue weighted by atomic mass is 10.1. The number of hydrogen-bond acceptors (Lipinski definition) is 7. The van der Waals surface area contributed by atoms with E-state index in [0.717, 1.165) is 28.2 Å². The van der Waals surface area contributed by atoms with Crippen LogP contribution in [-0.2, 0) is 24.4 Å². The number of methoxy groups -OCH3 is 1. The van der Waals surface area contributed by atoms with Crippen LogP contribution in [0.5, 0.6) is 11.5 Å². The monoisotopic (exact) mass is 512 g/mol. The van der Waals surface area contributed by atoms with Crippen LogP contribution in [-0.4, -0.2) is 57.3 Å². The van der Waals surface area contributed by atoms with Gasteiger partial charge in [0.25, 0.3) is 0 Å². The maximum atomic E-state index is 13.3. The maximum Gasteiger partial charge on any atom is 0.237 e. The van der Waals surface area contributed by atoms with Gasteiger partial charge in [-0.2, -0.15) is 0 Å². The molecule has 38 heavy (non-hydrogen) atoms. The molecule has 1 aromatic heterocycles. The number of aromatic nitrogens is 4. The van der Waals surface area contributed by atoms with Gasteiger partial charge in [-0.25, -0.2) is 4.68 Å². The molecule has 4 aromatic rings. The number of carbonyl (C=O) groups is 1. The SMILES string of the molecule is COc1ccccc1CCNC(=O)[C@@H]1C[C@@H](n2cnnn2)CN1Cc1ccc(OCc2ccccc2)cc1. The summed E-state index contributed by atoms with van der Waals surface area (Å²) in [5.74, 6) is 1.66. The van der Waals surface area contributed by atoms with E-state index in [1.807, 2.05) is 66.7 Å². The molecule has 0 spiro atoms. The van der Waals surface area contributed by atoms with Crippen molar-refractivity contribution in [1.29, 1.82) is 0 Å². The summed E-state index contributed by atoms with van der Waals surface area (Å²) in [4.78, 5) is 15.5. The number of amides is 1. The van der Waals surface area contributed by atoms with E-state index in [0.29, 0.717) is 39.1 Å². The highest BCUT2D eigenvalue weighted by atomic mass is 16.5. The predicted octanol–water partition coefficient (Wildman–Crippen LogP) is 3.44. The molecular weight excluding hydrogens is 480 g/mol. The van der Waals surface area contributed by atoms with Crippen molar-refractivity contribution < 1.29 is 14.3 Å². The van der Waals surface area contributed by atoms with Crippen molar-refractivity contribution in [1.82, 2.24) is 30.4 Å². The van der Waals surface area contributed by atoms with Gasteiger partial charge in [0.15, 0.2) is 0 Å². The van der Waals surface area contributed by atoms with Gasteiger partial charge in [-0.1, -0.05) is 60.7 Å². The molecule has 1 aliphatic heterocycles. The molecule has 0 aliphatic carbocycles. The Kier molecular flexibility index (Phi) is 8.25. The van der Waals surface area contributed by atoms with Gasteiger partial charge in [-0.3, -0.25) is 9.69 Å². The second kappa shape index (κ2) is 12.3. The third-order valence-electron chi connectivity index (χ3n) is 6.87. The zero-order valence-electron chi connectivity index (χ0n) is 21.4. The van der Waals surface area contributed by atoms with Gasteiger partial charge in [0.2, 0.25) is 5.91 Å². The van der Waals surface area contributed by atoms with Crippen LogP contribution >= 0.6 is 0 Å². The molecule has 9 heteroatoms. The minimum atomic E-state index is -0.282. The van der Waals surface area contributed by atoms with E-state index < -0.39 is 0 Å². The van der Waals surface area contributed by atoms with Crippen molar-refractivity contribution in [3.05, 3.63) is 102 Å². The lowest BCUT2D eigenvalue weighted by Gasteiger charge is -2.23. The van der Waals surface area contributed by atoms with E-state index in [2.05, 4.69) is 37.9 Å². The van der Waals surface area contributed by atoms with Crippen LogP contribution in [0.4, 0.5) is 0 Å². The van der Waals surface area contributed by atoms with E-state index >= 15 is 0 Å². The molecule has 0 saturated carbocycles. The van der Waals surface area contributed by atoms with E-state index in [1.54, 1.807) is 18.1 Å². The van der Waals surface area contributed by atoms with E-state index in [9.17, 15) is 4.79 Å². The highest BCUT2D eigenvalue weighted by Gasteiger charge is 2.38. The molecule has 0 radical (unpaired) electrons.